The summed E-state index contributed by atoms with van der Waals surface area (Å²) in [7, 11) is 0. The van der Waals surface area contributed by atoms with Crippen molar-refractivity contribution in [3.63, 3.8) is 0 Å². The van der Waals surface area contributed by atoms with E-state index in [9.17, 15) is 19.2 Å². The molecule has 10 heteroatoms. The molecule has 1 saturated heterocycles. The van der Waals surface area contributed by atoms with Crippen LogP contribution in [0.3, 0.4) is 0 Å². The van der Waals surface area contributed by atoms with Crippen LogP contribution in [0.5, 0.6) is 0 Å². The second-order valence-corrected chi connectivity index (χ2v) is 9.77. The number of thioether (sulfide) groups is 1. The Kier molecular flexibility index (Phi) is 7.43. The number of aryl methyl sites for hydroxylation is 1. The number of fused-ring (bicyclic) bond motifs is 1. The van der Waals surface area contributed by atoms with Gasteiger partial charge in [-0.15, -0.1) is 11.8 Å². The van der Waals surface area contributed by atoms with Crippen LogP contribution in [0, 0.1) is 6.92 Å². The van der Waals surface area contributed by atoms with Crippen molar-refractivity contribution in [2.24, 2.45) is 0 Å². The van der Waals surface area contributed by atoms with Gasteiger partial charge >= 0.3 is 6.03 Å². The minimum Gasteiger partial charge on any atom is -0.338 e. The third-order valence-electron chi connectivity index (χ3n) is 5.83. The summed E-state index contributed by atoms with van der Waals surface area (Å²) in [6.07, 6.45) is 1.31. The Morgan fingerprint density at radius 1 is 1.24 bits per heavy atom. The average molecular weight is 501 g/mol. The van der Waals surface area contributed by atoms with Crippen molar-refractivity contribution in [1.82, 2.24) is 15.5 Å². The summed E-state index contributed by atoms with van der Waals surface area (Å²) >= 11 is 7.70. The lowest BCUT2D eigenvalue weighted by atomic mass is 10.0. The lowest BCUT2D eigenvalue weighted by molar-refractivity contribution is -0.136. The van der Waals surface area contributed by atoms with Crippen LogP contribution in [0.25, 0.3) is 0 Å². The molecule has 178 valence electrons. The number of hydrogen-bond acceptors (Lipinski definition) is 5. The number of amides is 5. The zero-order chi connectivity index (χ0) is 24.2. The fraction of sp³-hybridized carbons (Fsp3) is 0.333. The van der Waals surface area contributed by atoms with Crippen molar-refractivity contribution in [3.8, 4) is 0 Å². The summed E-state index contributed by atoms with van der Waals surface area (Å²) in [5.41, 5.74) is 3.08. The maximum Gasteiger partial charge on any atom is 0.319 e. The molecular formula is C24H25ClN4O4S. The molecular weight excluding hydrogens is 476 g/mol. The Bertz CT molecular complexity index is 1160. The number of urea groups is 1. The Labute approximate surface area is 206 Å². The van der Waals surface area contributed by atoms with Gasteiger partial charge in [0.1, 0.15) is 6.04 Å². The number of nitrogens with one attached hydrogen (secondary N) is 3. The van der Waals surface area contributed by atoms with Crippen LogP contribution < -0.4 is 16.0 Å². The molecule has 0 bridgehead atoms. The van der Waals surface area contributed by atoms with Crippen LogP contribution in [-0.2, 0) is 16.1 Å². The van der Waals surface area contributed by atoms with E-state index in [1.807, 2.05) is 25.1 Å². The maximum atomic E-state index is 12.9. The molecule has 2 aromatic rings. The molecule has 1 unspecified atom stereocenters. The standard InChI is InChI=1S/C24H25ClN4O4S/c1-14-6-7-15(12-18(14)25)27-24(33)26-10-3-11-34-20-5-2-4-16-17(20)13-29(23(16)32)19-8-9-21(30)28-22(19)31/h2,4-7,12,19H,3,8-11,13H2,1H3,(H2,26,27,33)(H,28,30,31). The molecule has 2 aliphatic heterocycles. The summed E-state index contributed by atoms with van der Waals surface area (Å²) < 4.78 is 0. The first-order chi connectivity index (χ1) is 16.3. The van der Waals surface area contributed by atoms with Gasteiger partial charge in [-0.2, -0.15) is 0 Å². The van der Waals surface area contributed by atoms with E-state index in [0.29, 0.717) is 35.8 Å². The molecule has 34 heavy (non-hydrogen) atoms. The molecule has 0 radical (unpaired) electrons. The van der Waals surface area contributed by atoms with E-state index in [4.69, 9.17) is 11.6 Å². The molecule has 4 rings (SSSR count). The van der Waals surface area contributed by atoms with Crippen molar-refractivity contribution in [2.45, 2.75) is 43.7 Å². The third-order valence-corrected chi connectivity index (χ3v) is 7.43. The molecule has 0 saturated carbocycles. The van der Waals surface area contributed by atoms with E-state index in [1.165, 1.54) is 0 Å². The van der Waals surface area contributed by atoms with Crippen molar-refractivity contribution in [1.29, 1.82) is 0 Å². The first kappa shape index (κ1) is 24.1. The van der Waals surface area contributed by atoms with E-state index < -0.39 is 11.9 Å². The highest BCUT2D eigenvalue weighted by atomic mass is 35.5. The summed E-state index contributed by atoms with van der Waals surface area (Å²) in [5.74, 6) is -0.142. The normalized spacial score (nSPS) is 17.4. The second-order valence-electron chi connectivity index (χ2n) is 8.23. The summed E-state index contributed by atoms with van der Waals surface area (Å²) in [6, 6.07) is 10.0. The number of halogens is 1. The van der Waals surface area contributed by atoms with Crippen LogP contribution in [-0.4, -0.2) is 47.0 Å². The smallest absolute Gasteiger partial charge is 0.319 e. The third kappa shape index (κ3) is 5.37. The molecule has 8 nitrogen and oxygen atoms in total. The van der Waals surface area contributed by atoms with Crippen molar-refractivity contribution in [2.75, 3.05) is 17.6 Å². The SMILES string of the molecule is Cc1ccc(NC(=O)NCCCSc2cccc3c2CN(C2CCC(=O)NC2=O)C3=O)cc1Cl. The Morgan fingerprint density at radius 2 is 2.06 bits per heavy atom. The Balaban J connectivity index is 1.26. The Morgan fingerprint density at radius 3 is 2.82 bits per heavy atom. The number of anilines is 1. The molecule has 2 aromatic carbocycles. The van der Waals surface area contributed by atoms with Gasteiger partial charge in [0.2, 0.25) is 11.8 Å². The number of carbonyl (C=O) groups excluding carboxylic acids is 4. The number of benzene rings is 2. The second kappa shape index (κ2) is 10.5. The zero-order valence-electron chi connectivity index (χ0n) is 18.7. The van der Waals surface area contributed by atoms with Crippen LogP contribution in [0.1, 0.15) is 40.7 Å². The van der Waals surface area contributed by atoms with Gasteiger partial charge < -0.3 is 15.5 Å². The predicted octanol–water partition coefficient (Wildman–Crippen LogP) is 3.71. The van der Waals surface area contributed by atoms with Gasteiger partial charge in [-0.25, -0.2) is 4.79 Å². The summed E-state index contributed by atoms with van der Waals surface area (Å²) in [5, 5.41) is 8.51. The van der Waals surface area contributed by atoms with Crippen LogP contribution in [0.15, 0.2) is 41.3 Å². The first-order valence-corrected chi connectivity index (χ1v) is 12.4. The Hall–Kier alpha value is -3.04. The lowest BCUT2D eigenvalue weighted by Gasteiger charge is -2.29. The largest absolute Gasteiger partial charge is 0.338 e. The van der Waals surface area contributed by atoms with Gasteiger partial charge in [0.25, 0.3) is 5.91 Å². The molecule has 5 amide bonds. The van der Waals surface area contributed by atoms with Crippen LogP contribution >= 0.6 is 23.4 Å². The zero-order valence-corrected chi connectivity index (χ0v) is 20.2. The molecule has 0 aliphatic carbocycles. The van der Waals surface area contributed by atoms with Crippen molar-refractivity contribution in [3.05, 3.63) is 58.1 Å². The van der Waals surface area contributed by atoms with E-state index in [0.717, 1.165) is 28.2 Å². The van der Waals surface area contributed by atoms with E-state index in [1.54, 1.807) is 34.9 Å². The van der Waals surface area contributed by atoms with Gasteiger partial charge in [0.05, 0.1) is 0 Å². The fourth-order valence-electron chi connectivity index (χ4n) is 3.99. The minimum absolute atomic E-state index is 0.179. The quantitative estimate of drug-likeness (QED) is 0.305. The highest BCUT2D eigenvalue weighted by Crippen LogP contribution is 2.34. The van der Waals surface area contributed by atoms with Gasteiger partial charge in [-0.1, -0.05) is 23.7 Å². The average Bonchev–Trinajstić information content (AvgIpc) is 3.13. The van der Waals surface area contributed by atoms with Gasteiger partial charge in [-0.3, -0.25) is 19.7 Å². The maximum absolute atomic E-state index is 12.9. The molecule has 0 aromatic heterocycles. The lowest BCUT2D eigenvalue weighted by Crippen LogP contribution is -2.52. The van der Waals surface area contributed by atoms with Gasteiger partial charge in [0, 0.05) is 40.7 Å². The summed E-state index contributed by atoms with van der Waals surface area (Å²) in [4.78, 5) is 51.2. The van der Waals surface area contributed by atoms with Gasteiger partial charge in [-0.05, 0) is 60.9 Å². The van der Waals surface area contributed by atoms with Crippen molar-refractivity contribution < 1.29 is 19.2 Å². The van der Waals surface area contributed by atoms with E-state index in [-0.39, 0.29) is 24.3 Å². The van der Waals surface area contributed by atoms with Crippen LogP contribution in [0.2, 0.25) is 5.02 Å². The first-order valence-electron chi connectivity index (χ1n) is 11.0. The molecule has 1 atom stereocenters. The monoisotopic (exact) mass is 500 g/mol. The van der Waals surface area contributed by atoms with E-state index >= 15 is 0 Å². The highest BCUT2D eigenvalue weighted by molar-refractivity contribution is 7.99. The minimum atomic E-state index is -0.624. The molecule has 0 spiro atoms. The number of imide groups is 1. The number of nitrogens with zero attached hydrogens (tertiary/aromatic N) is 1. The van der Waals surface area contributed by atoms with Gasteiger partial charge in [0.15, 0.2) is 0 Å². The molecule has 2 aliphatic rings. The summed E-state index contributed by atoms with van der Waals surface area (Å²) in [6.45, 7) is 2.74. The number of rotatable bonds is 7. The number of hydrogen-bond donors (Lipinski definition) is 3. The highest BCUT2D eigenvalue weighted by Gasteiger charge is 2.39. The van der Waals surface area contributed by atoms with Crippen molar-refractivity contribution >= 4 is 52.8 Å². The number of carbonyl (C=O) groups is 4. The number of piperidine rings is 1. The van der Waals surface area contributed by atoms with E-state index in [2.05, 4.69) is 16.0 Å². The molecule has 3 N–H and O–H groups in total. The fourth-order valence-corrected chi connectivity index (χ4v) is 5.21. The van der Waals surface area contributed by atoms with Crippen LogP contribution in [0.4, 0.5) is 10.5 Å². The molecule has 1 fully saturated rings. The predicted molar refractivity (Wildman–Crippen MR) is 131 cm³/mol. The topological polar surface area (TPSA) is 108 Å². The molecule has 2 heterocycles.